The van der Waals surface area contributed by atoms with Crippen molar-refractivity contribution < 1.29 is 0 Å². The number of nitrogens with two attached hydrogens (primary N) is 1. The molecule has 0 saturated carbocycles. The molecule has 1 atom stereocenters. The van der Waals surface area contributed by atoms with Gasteiger partial charge in [0.2, 0.25) is 0 Å². The van der Waals surface area contributed by atoms with Crippen LogP contribution in [0.5, 0.6) is 0 Å². The second-order valence-corrected chi connectivity index (χ2v) is 6.66. The van der Waals surface area contributed by atoms with Gasteiger partial charge in [-0.2, -0.15) is 0 Å². The van der Waals surface area contributed by atoms with E-state index < -0.39 is 0 Å². The van der Waals surface area contributed by atoms with Gasteiger partial charge in [-0.15, -0.1) is 0 Å². The molecule has 4 heteroatoms. The van der Waals surface area contributed by atoms with Crippen molar-refractivity contribution in [2.24, 2.45) is 5.73 Å². The van der Waals surface area contributed by atoms with Crippen molar-refractivity contribution in [2.75, 3.05) is 0 Å². The monoisotopic (exact) mass is 306 g/mol. The number of benzene rings is 1. The lowest BCUT2D eigenvalue weighted by atomic mass is 10.1. The summed E-state index contributed by atoms with van der Waals surface area (Å²) in [6.07, 6.45) is 0.838. The topological polar surface area (TPSA) is 38.9 Å². The summed E-state index contributed by atoms with van der Waals surface area (Å²) in [7, 11) is 0. The smallest absolute Gasteiger partial charge is 0.101 e. The van der Waals surface area contributed by atoms with Crippen molar-refractivity contribution in [3.8, 4) is 0 Å². The minimum absolute atomic E-state index is 0.128. The van der Waals surface area contributed by atoms with E-state index in [0.29, 0.717) is 0 Å². The average Bonchev–Trinajstić information content (AvgIpc) is 2.31. The fourth-order valence-electron chi connectivity index (χ4n) is 2.11. The first kappa shape index (κ1) is 15.4. The molecular weight excluding hydrogens is 288 g/mol. The first-order valence-corrected chi connectivity index (χ1v) is 7.80. The van der Waals surface area contributed by atoms with Gasteiger partial charge in [-0.05, 0) is 62.6 Å². The number of hydrogen-bond donors (Lipinski definition) is 1. The summed E-state index contributed by atoms with van der Waals surface area (Å²) >= 11 is 7.76. The van der Waals surface area contributed by atoms with Crippen LogP contribution in [0.25, 0.3) is 0 Å². The molecule has 1 aromatic carbocycles. The van der Waals surface area contributed by atoms with Gasteiger partial charge in [0.25, 0.3) is 0 Å². The number of aryl methyl sites for hydroxylation is 2. The highest BCUT2D eigenvalue weighted by Crippen LogP contribution is 2.32. The summed E-state index contributed by atoms with van der Waals surface area (Å²) in [6.45, 7) is 6.11. The fraction of sp³-hybridized carbons (Fsp3) is 0.312. The number of aromatic nitrogens is 1. The van der Waals surface area contributed by atoms with Crippen molar-refractivity contribution in [1.29, 1.82) is 0 Å². The molecule has 2 nitrogen and oxygen atoms in total. The highest BCUT2D eigenvalue weighted by Gasteiger charge is 2.09. The van der Waals surface area contributed by atoms with E-state index in [-0.39, 0.29) is 6.04 Å². The number of rotatable bonds is 4. The van der Waals surface area contributed by atoms with Crippen molar-refractivity contribution in [2.45, 2.75) is 43.2 Å². The Morgan fingerprint density at radius 1 is 1.25 bits per heavy atom. The Hall–Kier alpha value is -1.03. The quantitative estimate of drug-likeness (QED) is 0.910. The standard InChI is InChI=1S/C16H19ClN2S/c1-10-6-12(3)19-16(7-10)20-15-9-14(17)5-4-13(15)8-11(2)18/h4-7,9,11H,8,18H2,1-3H3. The number of halogens is 1. The van der Waals surface area contributed by atoms with Crippen LogP contribution in [0.2, 0.25) is 5.02 Å². The lowest BCUT2D eigenvalue weighted by Gasteiger charge is -2.12. The fourth-order valence-corrected chi connectivity index (χ4v) is 3.47. The van der Waals surface area contributed by atoms with Gasteiger partial charge in [0.1, 0.15) is 5.03 Å². The summed E-state index contributed by atoms with van der Waals surface area (Å²) in [6, 6.07) is 10.2. The molecule has 0 spiro atoms. The molecule has 106 valence electrons. The number of nitrogens with zero attached hydrogens (tertiary/aromatic N) is 1. The minimum Gasteiger partial charge on any atom is -0.328 e. The lowest BCUT2D eigenvalue weighted by molar-refractivity contribution is 0.729. The molecule has 20 heavy (non-hydrogen) atoms. The van der Waals surface area contributed by atoms with Crippen molar-refractivity contribution in [3.05, 3.63) is 52.2 Å². The van der Waals surface area contributed by atoms with Gasteiger partial charge in [0, 0.05) is 21.7 Å². The highest BCUT2D eigenvalue weighted by molar-refractivity contribution is 7.99. The molecule has 0 amide bonds. The maximum atomic E-state index is 6.12. The Morgan fingerprint density at radius 2 is 2.00 bits per heavy atom. The van der Waals surface area contributed by atoms with Crippen LogP contribution < -0.4 is 5.73 Å². The molecule has 1 heterocycles. The molecular formula is C16H19ClN2S. The summed E-state index contributed by atoms with van der Waals surface area (Å²) in [5.74, 6) is 0. The predicted molar refractivity (Wildman–Crippen MR) is 86.6 cm³/mol. The van der Waals surface area contributed by atoms with E-state index in [2.05, 4.69) is 30.1 Å². The van der Waals surface area contributed by atoms with Crippen molar-refractivity contribution in [1.82, 2.24) is 4.98 Å². The minimum atomic E-state index is 0.128. The van der Waals surface area contributed by atoms with E-state index in [4.69, 9.17) is 17.3 Å². The third-order valence-corrected chi connectivity index (χ3v) is 4.11. The van der Waals surface area contributed by atoms with E-state index in [9.17, 15) is 0 Å². The third-order valence-electron chi connectivity index (χ3n) is 2.86. The van der Waals surface area contributed by atoms with Crippen LogP contribution in [0.15, 0.2) is 40.3 Å². The molecule has 0 saturated heterocycles. The predicted octanol–water partition coefficient (Wildman–Crippen LogP) is 4.39. The molecule has 0 radical (unpaired) electrons. The maximum absolute atomic E-state index is 6.12. The van der Waals surface area contributed by atoms with Gasteiger partial charge in [-0.25, -0.2) is 4.98 Å². The average molecular weight is 307 g/mol. The molecule has 1 unspecified atom stereocenters. The Labute approximate surface area is 129 Å². The van der Waals surface area contributed by atoms with Crippen LogP contribution in [0.3, 0.4) is 0 Å². The van der Waals surface area contributed by atoms with E-state index in [0.717, 1.165) is 27.1 Å². The molecule has 2 N–H and O–H groups in total. The molecule has 0 bridgehead atoms. The normalized spacial score (nSPS) is 12.4. The molecule has 0 fully saturated rings. The largest absolute Gasteiger partial charge is 0.328 e. The van der Waals surface area contributed by atoms with Crippen LogP contribution in [0.4, 0.5) is 0 Å². The summed E-state index contributed by atoms with van der Waals surface area (Å²) in [5, 5.41) is 1.74. The first-order valence-electron chi connectivity index (χ1n) is 6.61. The van der Waals surface area contributed by atoms with Crippen molar-refractivity contribution in [3.63, 3.8) is 0 Å². The van der Waals surface area contributed by atoms with Gasteiger partial charge in [-0.1, -0.05) is 29.4 Å². The summed E-state index contributed by atoms with van der Waals surface area (Å²) in [5.41, 5.74) is 9.38. The van der Waals surface area contributed by atoms with Gasteiger partial charge in [0.05, 0.1) is 0 Å². The zero-order valence-electron chi connectivity index (χ0n) is 12.0. The van der Waals surface area contributed by atoms with Crippen LogP contribution >= 0.6 is 23.4 Å². The lowest BCUT2D eigenvalue weighted by Crippen LogP contribution is -2.18. The van der Waals surface area contributed by atoms with Crippen LogP contribution in [0, 0.1) is 13.8 Å². The Morgan fingerprint density at radius 3 is 2.65 bits per heavy atom. The van der Waals surface area contributed by atoms with E-state index in [1.807, 2.05) is 26.0 Å². The zero-order valence-corrected chi connectivity index (χ0v) is 13.6. The second kappa shape index (κ2) is 6.61. The highest BCUT2D eigenvalue weighted by atomic mass is 35.5. The second-order valence-electron chi connectivity index (χ2n) is 5.16. The van der Waals surface area contributed by atoms with E-state index in [1.165, 1.54) is 11.1 Å². The molecule has 0 aliphatic carbocycles. The van der Waals surface area contributed by atoms with Crippen LogP contribution in [-0.4, -0.2) is 11.0 Å². The maximum Gasteiger partial charge on any atom is 0.101 e. The van der Waals surface area contributed by atoms with Gasteiger partial charge in [0.15, 0.2) is 0 Å². The molecule has 2 rings (SSSR count). The van der Waals surface area contributed by atoms with Gasteiger partial charge < -0.3 is 5.73 Å². The molecule has 0 aliphatic heterocycles. The number of hydrogen-bond acceptors (Lipinski definition) is 3. The first-order chi connectivity index (χ1) is 9.44. The Bertz CT molecular complexity index is 591. The van der Waals surface area contributed by atoms with E-state index in [1.54, 1.807) is 11.8 Å². The SMILES string of the molecule is Cc1cc(C)nc(Sc2cc(Cl)ccc2CC(C)N)c1. The Balaban J connectivity index is 2.33. The number of pyridine rings is 1. The van der Waals surface area contributed by atoms with Crippen molar-refractivity contribution >= 4 is 23.4 Å². The molecule has 0 aliphatic rings. The summed E-state index contributed by atoms with van der Waals surface area (Å²) < 4.78 is 0. The van der Waals surface area contributed by atoms with E-state index >= 15 is 0 Å². The Kier molecular flexibility index (Phi) is 5.08. The van der Waals surface area contributed by atoms with Crippen LogP contribution in [-0.2, 0) is 6.42 Å². The zero-order chi connectivity index (χ0) is 14.7. The van der Waals surface area contributed by atoms with Gasteiger partial charge >= 0.3 is 0 Å². The van der Waals surface area contributed by atoms with Gasteiger partial charge in [-0.3, -0.25) is 0 Å². The summed E-state index contributed by atoms with van der Waals surface area (Å²) in [4.78, 5) is 5.70. The molecule has 2 aromatic rings. The molecule has 1 aromatic heterocycles. The van der Waals surface area contributed by atoms with Crippen LogP contribution in [0.1, 0.15) is 23.7 Å². The third kappa shape index (κ3) is 4.23.